The van der Waals surface area contributed by atoms with Gasteiger partial charge in [-0.25, -0.2) is 0 Å². The number of methoxy groups -OCH3 is 2. The van der Waals surface area contributed by atoms with Gasteiger partial charge in [0.2, 0.25) is 0 Å². The first-order chi connectivity index (χ1) is 12.2. The maximum atomic E-state index is 5.55. The van der Waals surface area contributed by atoms with E-state index < -0.39 is 0 Å². The monoisotopic (exact) mass is 347 g/mol. The Hall–Kier alpha value is -1.30. The largest absolute Gasteiger partial charge is 0.493 e. The molecule has 5 heteroatoms. The highest BCUT2D eigenvalue weighted by molar-refractivity contribution is 5.44. The van der Waals surface area contributed by atoms with Crippen molar-refractivity contribution in [2.45, 2.75) is 25.8 Å². The summed E-state index contributed by atoms with van der Waals surface area (Å²) in [5, 5.41) is 3.47. The summed E-state index contributed by atoms with van der Waals surface area (Å²) >= 11 is 0. The van der Waals surface area contributed by atoms with Crippen molar-refractivity contribution in [3.8, 4) is 11.5 Å². The summed E-state index contributed by atoms with van der Waals surface area (Å²) in [5.41, 5.74) is 1.33. The molecule has 140 valence electrons. The fraction of sp³-hybridized carbons (Fsp3) is 0.700. The highest BCUT2D eigenvalue weighted by Crippen LogP contribution is 2.33. The number of benzene rings is 1. The van der Waals surface area contributed by atoms with E-state index in [1.54, 1.807) is 14.2 Å². The quantitative estimate of drug-likeness (QED) is 0.855. The van der Waals surface area contributed by atoms with Gasteiger partial charge in [0, 0.05) is 45.3 Å². The molecule has 2 saturated heterocycles. The van der Waals surface area contributed by atoms with Gasteiger partial charge in [-0.1, -0.05) is 13.0 Å². The van der Waals surface area contributed by atoms with Crippen molar-refractivity contribution in [1.82, 2.24) is 15.1 Å². The summed E-state index contributed by atoms with van der Waals surface area (Å²) in [5.74, 6) is 2.44. The van der Waals surface area contributed by atoms with E-state index in [9.17, 15) is 0 Å². The van der Waals surface area contributed by atoms with Crippen LogP contribution in [0.5, 0.6) is 11.5 Å². The fourth-order valence-corrected chi connectivity index (χ4v) is 4.18. The van der Waals surface area contributed by atoms with Gasteiger partial charge in [0.05, 0.1) is 14.2 Å². The first-order valence-corrected chi connectivity index (χ1v) is 9.60. The van der Waals surface area contributed by atoms with E-state index in [1.165, 1.54) is 31.5 Å². The highest BCUT2D eigenvalue weighted by Gasteiger charge is 2.27. The number of hydrogen-bond donors (Lipinski definition) is 1. The minimum absolute atomic E-state index is 0.409. The number of nitrogens with one attached hydrogen (secondary N) is 1. The molecule has 1 aromatic carbocycles. The van der Waals surface area contributed by atoms with Gasteiger partial charge in [0.15, 0.2) is 11.5 Å². The maximum absolute atomic E-state index is 5.55. The average molecular weight is 348 g/mol. The fourth-order valence-electron chi connectivity index (χ4n) is 4.18. The molecule has 2 aliphatic heterocycles. The molecule has 3 rings (SSSR count). The predicted molar refractivity (Wildman–Crippen MR) is 102 cm³/mol. The molecule has 25 heavy (non-hydrogen) atoms. The summed E-state index contributed by atoms with van der Waals surface area (Å²) in [7, 11) is 3.41. The number of ether oxygens (including phenoxy) is 2. The molecule has 2 atom stereocenters. The van der Waals surface area contributed by atoms with Crippen LogP contribution in [0.1, 0.15) is 31.4 Å². The summed E-state index contributed by atoms with van der Waals surface area (Å²) in [6.45, 7) is 10.3. The van der Waals surface area contributed by atoms with E-state index in [2.05, 4.69) is 34.2 Å². The highest BCUT2D eigenvalue weighted by atomic mass is 16.5. The molecule has 0 aliphatic carbocycles. The molecule has 1 aromatic rings. The van der Waals surface area contributed by atoms with Crippen LogP contribution in [-0.2, 0) is 0 Å². The van der Waals surface area contributed by atoms with Gasteiger partial charge < -0.3 is 19.7 Å². The Labute approximate surface area is 152 Å². The van der Waals surface area contributed by atoms with Gasteiger partial charge in [-0.15, -0.1) is 0 Å². The van der Waals surface area contributed by atoms with E-state index in [0.29, 0.717) is 6.04 Å². The zero-order valence-electron chi connectivity index (χ0n) is 16.0. The first kappa shape index (κ1) is 18.5. The van der Waals surface area contributed by atoms with Gasteiger partial charge in [-0.3, -0.25) is 4.90 Å². The molecular weight excluding hydrogens is 314 g/mol. The second-order valence-electron chi connectivity index (χ2n) is 7.42. The lowest BCUT2D eigenvalue weighted by Gasteiger charge is -2.40. The van der Waals surface area contributed by atoms with Crippen LogP contribution in [-0.4, -0.2) is 69.8 Å². The Bertz CT molecular complexity index is 546. The number of likely N-dealkylation sites (tertiary alicyclic amines) is 1. The van der Waals surface area contributed by atoms with Crippen molar-refractivity contribution >= 4 is 0 Å². The van der Waals surface area contributed by atoms with Crippen molar-refractivity contribution < 1.29 is 9.47 Å². The van der Waals surface area contributed by atoms with Crippen LogP contribution in [0.15, 0.2) is 18.2 Å². The molecular formula is C20H33N3O2. The molecule has 2 fully saturated rings. The van der Waals surface area contributed by atoms with Crippen molar-refractivity contribution in [2.24, 2.45) is 5.92 Å². The van der Waals surface area contributed by atoms with Crippen molar-refractivity contribution in [2.75, 3.05) is 60.0 Å². The number of hydrogen-bond acceptors (Lipinski definition) is 5. The van der Waals surface area contributed by atoms with E-state index in [4.69, 9.17) is 9.47 Å². The lowest BCUT2D eigenvalue weighted by Crippen LogP contribution is -2.49. The summed E-state index contributed by atoms with van der Waals surface area (Å²) < 4.78 is 11.0. The van der Waals surface area contributed by atoms with Crippen molar-refractivity contribution in [3.05, 3.63) is 23.8 Å². The van der Waals surface area contributed by atoms with Crippen LogP contribution in [0.25, 0.3) is 0 Å². The third kappa shape index (κ3) is 4.66. The van der Waals surface area contributed by atoms with Gasteiger partial charge in [0.1, 0.15) is 0 Å². The second kappa shape index (κ2) is 8.88. The molecule has 0 radical (unpaired) electrons. The minimum Gasteiger partial charge on any atom is -0.493 e. The van der Waals surface area contributed by atoms with Crippen molar-refractivity contribution in [3.63, 3.8) is 0 Å². The topological polar surface area (TPSA) is 37.0 Å². The van der Waals surface area contributed by atoms with Crippen LogP contribution >= 0.6 is 0 Å². The zero-order valence-corrected chi connectivity index (χ0v) is 16.0. The molecule has 2 unspecified atom stereocenters. The lowest BCUT2D eigenvalue weighted by atomic mass is 9.97. The predicted octanol–water partition coefficient (Wildman–Crippen LogP) is 2.38. The van der Waals surface area contributed by atoms with E-state index in [1.807, 2.05) is 6.07 Å². The van der Waals surface area contributed by atoms with Crippen molar-refractivity contribution in [1.29, 1.82) is 0 Å². The number of piperazine rings is 1. The number of piperidine rings is 1. The SMILES string of the molecule is COc1ccc(C(CN2CCCC(C)C2)N2CCNCC2)cc1OC. The number of rotatable bonds is 6. The zero-order chi connectivity index (χ0) is 17.6. The van der Waals surface area contributed by atoms with E-state index >= 15 is 0 Å². The standard InChI is InChI=1S/C20H33N3O2/c1-16-5-4-10-22(14-16)15-18(23-11-8-21-9-12-23)17-6-7-19(24-2)20(13-17)25-3/h6-7,13,16,18,21H,4-5,8-12,14-15H2,1-3H3. The molecule has 0 saturated carbocycles. The third-order valence-electron chi connectivity index (χ3n) is 5.56. The Balaban J connectivity index is 1.82. The van der Waals surface area contributed by atoms with Gasteiger partial charge >= 0.3 is 0 Å². The van der Waals surface area contributed by atoms with E-state index in [0.717, 1.165) is 50.1 Å². The molecule has 0 aromatic heterocycles. The summed E-state index contributed by atoms with van der Waals surface area (Å²) in [6, 6.07) is 6.83. The Morgan fingerprint density at radius 1 is 1.12 bits per heavy atom. The molecule has 2 heterocycles. The summed E-state index contributed by atoms with van der Waals surface area (Å²) in [4.78, 5) is 5.27. The first-order valence-electron chi connectivity index (χ1n) is 9.60. The molecule has 1 N–H and O–H groups in total. The third-order valence-corrected chi connectivity index (χ3v) is 5.56. The van der Waals surface area contributed by atoms with Crippen LogP contribution in [0.3, 0.4) is 0 Å². The maximum Gasteiger partial charge on any atom is 0.161 e. The van der Waals surface area contributed by atoms with Gasteiger partial charge in [-0.2, -0.15) is 0 Å². The second-order valence-corrected chi connectivity index (χ2v) is 7.42. The molecule has 0 amide bonds. The summed E-state index contributed by atoms with van der Waals surface area (Å²) in [6.07, 6.45) is 2.69. The average Bonchev–Trinajstić information content (AvgIpc) is 2.66. The Morgan fingerprint density at radius 2 is 1.88 bits per heavy atom. The van der Waals surface area contributed by atoms with Crippen LogP contribution < -0.4 is 14.8 Å². The molecule has 2 aliphatic rings. The minimum atomic E-state index is 0.409. The van der Waals surface area contributed by atoms with Gasteiger partial charge in [0.25, 0.3) is 0 Å². The molecule has 5 nitrogen and oxygen atoms in total. The Kier molecular flexibility index (Phi) is 6.57. The molecule has 0 spiro atoms. The smallest absolute Gasteiger partial charge is 0.161 e. The number of nitrogens with zero attached hydrogens (tertiary/aromatic N) is 2. The van der Waals surface area contributed by atoms with Gasteiger partial charge in [-0.05, 0) is 43.0 Å². The Morgan fingerprint density at radius 3 is 2.56 bits per heavy atom. The van der Waals surface area contributed by atoms with Crippen LogP contribution in [0, 0.1) is 5.92 Å². The molecule has 0 bridgehead atoms. The lowest BCUT2D eigenvalue weighted by molar-refractivity contribution is 0.0999. The normalized spacial score (nSPS) is 24.0. The van der Waals surface area contributed by atoms with Crippen LogP contribution in [0.2, 0.25) is 0 Å². The van der Waals surface area contributed by atoms with Crippen LogP contribution in [0.4, 0.5) is 0 Å². The van der Waals surface area contributed by atoms with E-state index in [-0.39, 0.29) is 0 Å².